The standard InChI is InChI=1S/C9H9N3OS2/c1-14-9-11-7-6(15-9)8(13)12(4-10-7)5-2-3-5/h4-5H,2-3H2,1H3. The van der Waals surface area contributed by atoms with Crippen LogP contribution < -0.4 is 5.56 Å². The van der Waals surface area contributed by atoms with E-state index in [1.54, 1.807) is 22.7 Å². The van der Waals surface area contributed by atoms with E-state index in [1.807, 2.05) is 6.26 Å². The Bertz CT molecular complexity index is 570. The molecule has 0 unspecified atom stereocenters. The molecular weight excluding hydrogens is 230 g/mol. The van der Waals surface area contributed by atoms with E-state index in [9.17, 15) is 4.79 Å². The highest BCUT2D eigenvalue weighted by Crippen LogP contribution is 2.34. The van der Waals surface area contributed by atoms with Gasteiger partial charge in [0.2, 0.25) is 0 Å². The molecule has 2 heterocycles. The minimum Gasteiger partial charge on any atom is -0.295 e. The molecule has 1 fully saturated rings. The zero-order valence-corrected chi connectivity index (χ0v) is 9.77. The summed E-state index contributed by atoms with van der Waals surface area (Å²) in [5.74, 6) is 0. The van der Waals surface area contributed by atoms with E-state index >= 15 is 0 Å². The van der Waals surface area contributed by atoms with Crippen LogP contribution in [-0.4, -0.2) is 20.8 Å². The van der Waals surface area contributed by atoms with Crippen LogP contribution in [0.2, 0.25) is 0 Å². The summed E-state index contributed by atoms with van der Waals surface area (Å²) in [5, 5.41) is 0. The molecular formula is C9H9N3OS2. The highest BCUT2D eigenvalue weighted by atomic mass is 32.2. The number of hydrogen-bond acceptors (Lipinski definition) is 5. The van der Waals surface area contributed by atoms with Crippen LogP contribution in [0.15, 0.2) is 15.5 Å². The summed E-state index contributed by atoms with van der Waals surface area (Å²) in [6.07, 6.45) is 5.78. The van der Waals surface area contributed by atoms with Gasteiger partial charge < -0.3 is 0 Å². The van der Waals surface area contributed by atoms with Gasteiger partial charge in [0.15, 0.2) is 9.99 Å². The van der Waals surface area contributed by atoms with Crippen LogP contribution in [-0.2, 0) is 0 Å². The minimum atomic E-state index is 0.0697. The van der Waals surface area contributed by atoms with Gasteiger partial charge in [-0.05, 0) is 19.1 Å². The van der Waals surface area contributed by atoms with Gasteiger partial charge in [0.1, 0.15) is 11.0 Å². The molecule has 0 amide bonds. The molecule has 0 N–H and O–H groups in total. The van der Waals surface area contributed by atoms with E-state index in [1.165, 1.54) is 11.3 Å². The Hall–Kier alpha value is -0.880. The van der Waals surface area contributed by atoms with Gasteiger partial charge in [0.05, 0.1) is 0 Å². The molecule has 0 atom stereocenters. The average Bonchev–Trinajstić information content (AvgIpc) is 2.97. The second-order valence-electron chi connectivity index (χ2n) is 3.52. The summed E-state index contributed by atoms with van der Waals surface area (Å²) in [6, 6.07) is 0.384. The van der Waals surface area contributed by atoms with Crippen molar-refractivity contribution >= 4 is 33.4 Å². The van der Waals surface area contributed by atoms with Gasteiger partial charge in [-0.25, -0.2) is 9.97 Å². The Labute approximate surface area is 94.4 Å². The van der Waals surface area contributed by atoms with E-state index < -0.39 is 0 Å². The van der Waals surface area contributed by atoms with Gasteiger partial charge in [-0.15, -0.1) is 11.3 Å². The fourth-order valence-corrected chi connectivity index (χ4v) is 2.96. The van der Waals surface area contributed by atoms with Crippen molar-refractivity contribution in [3.05, 3.63) is 16.7 Å². The Morgan fingerprint density at radius 1 is 1.60 bits per heavy atom. The smallest absolute Gasteiger partial charge is 0.273 e. The third-order valence-corrected chi connectivity index (χ3v) is 4.46. The number of nitrogens with zero attached hydrogens (tertiary/aromatic N) is 3. The first-order chi connectivity index (χ1) is 7.29. The SMILES string of the molecule is CSc1nc2ncn(C3CC3)c(=O)c2s1. The summed E-state index contributed by atoms with van der Waals surface area (Å²) in [7, 11) is 0. The lowest BCUT2D eigenvalue weighted by Crippen LogP contribution is -2.18. The van der Waals surface area contributed by atoms with Crippen molar-refractivity contribution < 1.29 is 0 Å². The molecule has 0 spiro atoms. The highest BCUT2D eigenvalue weighted by Gasteiger charge is 2.25. The molecule has 1 saturated carbocycles. The lowest BCUT2D eigenvalue weighted by Gasteiger charge is -1.99. The predicted molar refractivity (Wildman–Crippen MR) is 61.7 cm³/mol. The summed E-state index contributed by atoms with van der Waals surface area (Å²) in [5.41, 5.74) is 0.659. The van der Waals surface area contributed by atoms with Gasteiger partial charge in [-0.3, -0.25) is 9.36 Å². The zero-order valence-electron chi connectivity index (χ0n) is 8.14. The van der Waals surface area contributed by atoms with Crippen molar-refractivity contribution in [3.8, 4) is 0 Å². The van der Waals surface area contributed by atoms with Crippen LogP contribution in [0.3, 0.4) is 0 Å². The molecule has 0 saturated heterocycles. The predicted octanol–water partition coefficient (Wildman–Crippen LogP) is 1.91. The van der Waals surface area contributed by atoms with Crippen molar-refractivity contribution in [2.75, 3.05) is 6.26 Å². The van der Waals surface area contributed by atoms with Crippen LogP contribution in [0.4, 0.5) is 0 Å². The van der Waals surface area contributed by atoms with Crippen molar-refractivity contribution in [2.45, 2.75) is 23.2 Å². The lowest BCUT2D eigenvalue weighted by atomic mass is 10.5. The van der Waals surface area contributed by atoms with Crippen LogP contribution in [0, 0.1) is 0 Å². The first kappa shape index (κ1) is 9.35. The zero-order chi connectivity index (χ0) is 10.4. The molecule has 15 heavy (non-hydrogen) atoms. The second-order valence-corrected chi connectivity index (χ2v) is 5.58. The third kappa shape index (κ3) is 1.48. The van der Waals surface area contributed by atoms with E-state index in [0.29, 0.717) is 16.4 Å². The molecule has 0 aromatic carbocycles. The fraction of sp³-hybridized carbons (Fsp3) is 0.444. The summed E-state index contributed by atoms with van der Waals surface area (Å²) in [6.45, 7) is 0. The topological polar surface area (TPSA) is 47.8 Å². The average molecular weight is 239 g/mol. The van der Waals surface area contributed by atoms with Crippen molar-refractivity contribution in [1.82, 2.24) is 14.5 Å². The minimum absolute atomic E-state index is 0.0697. The van der Waals surface area contributed by atoms with Crippen LogP contribution >= 0.6 is 23.1 Å². The van der Waals surface area contributed by atoms with Gasteiger partial charge in [-0.1, -0.05) is 11.8 Å². The third-order valence-electron chi connectivity index (χ3n) is 2.44. The van der Waals surface area contributed by atoms with Crippen molar-refractivity contribution in [2.24, 2.45) is 0 Å². The maximum atomic E-state index is 12.0. The van der Waals surface area contributed by atoms with Crippen molar-refractivity contribution in [1.29, 1.82) is 0 Å². The number of aromatic nitrogens is 3. The van der Waals surface area contributed by atoms with Crippen molar-refractivity contribution in [3.63, 3.8) is 0 Å². The molecule has 6 heteroatoms. The highest BCUT2D eigenvalue weighted by molar-refractivity contribution is 8.00. The molecule has 78 valence electrons. The Balaban J connectivity index is 2.26. The van der Waals surface area contributed by atoms with Crippen LogP contribution in [0.1, 0.15) is 18.9 Å². The summed E-state index contributed by atoms with van der Waals surface area (Å²) >= 11 is 2.99. The molecule has 1 aliphatic carbocycles. The number of hydrogen-bond donors (Lipinski definition) is 0. The lowest BCUT2D eigenvalue weighted by molar-refractivity contribution is 0.698. The van der Waals surface area contributed by atoms with E-state index in [0.717, 1.165) is 17.2 Å². The van der Waals surface area contributed by atoms with E-state index in [4.69, 9.17) is 0 Å². The molecule has 1 aliphatic rings. The molecule has 4 nitrogen and oxygen atoms in total. The molecule has 0 bridgehead atoms. The maximum absolute atomic E-state index is 12.0. The largest absolute Gasteiger partial charge is 0.295 e. The molecule has 2 aromatic heterocycles. The van der Waals surface area contributed by atoms with Gasteiger partial charge >= 0.3 is 0 Å². The quantitative estimate of drug-likeness (QED) is 0.751. The van der Waals surface area contributed by atoms with Gasteiger partial charge in [0.25, 0.3) is 5.56 Å². The van der Waals surface area contributed by atoms with Crippen LogP contribution in [0.25, 0.3) is 10.3 Å². The summed E-state index contributed by atoms with van der Waals surface area (Å²) < 4.78 is 3.34. The number of fused-ring (bicyclic) bond motifs is 1. The summed E-state index contributed by atoms with van der Waals surface area (Å²) in [4.78, 5) is 20.5. The normalized spacial score (nSPS) is 16.1. The Morgan fingerprint density at radius 3 is 3.07 bits per heavy atom. The second kappa shape index (κ2) is 3.31. The first-order valence-electron chi connectivity index (χ1n) is 4.71. The fourth-order valence-electron chi connectivity index (χ4n) is 1.51. The Kier molecular flexibility index (Phi) is 2.07. The molecule has 0 radical (unpaired) electrons. The molecule has 2 aromatic rings. The number of thioether (sulfide) groups is 1. The van der Waals surface area contributed by atoms with Gasteiger partial charge in [0, 0.05) is 6.04 Å². The van der Waals surface area contributed by atoms with Gasteiger partial charge in [-0.2, -0.15) is 0 Å². The van der Waals surface area contributed by atoms with E-state index in [-0.39, 0.29) is 5.56 Å². The number of thiazole rings is 1. The number of rotatable bonds is 2. The maximum Gasteiger partial charge on any atom is 0.273 e. The van der Waals surface area contributed by atoms with Crippen LogP contribution in [0.5, 0.6) is 0 Å². The molecule has 0 aliphatic heterocycles. The first-order valence-corrected chi connectivity index (χ1v) is 6.75. The monoisotopic (exact) mass is 239 g/mol. The molecule has 3 rings (SSSR count). The Morgan fingerprint density at radius 2 is 2.40 bits per heavy atom. The van der Waals surface area contributed by atoms with E-state index in [2.05, 4.69) is 9.97 Å².